The molecule has 1 fully saturated rings. The van der Waals surface area contributed by atoms with Crippen molar-refractivity contribution in [1.29, 1.82) is 0 Å². The molecule has 24 heavy (non-hydrogen) atoms. The van der Waals surface area contributed by atoms with E-state index >= 15 is 0 Å². The number of hydrogen-bond acceptors (Lipinski definition) is 2. The van der Waals surface area contributed by atoms with E-state index in [2.05, 4.69) is 0 Å². The minimum atomic E-state index is -4.50. The van der Waals surface area contributed by atoms with E-state index in [-0.39, 0.29) is 19.1 Å². The maximum Gasteiger partial charge on any atom is 0.409 e. The quantitative estimate of drug-likeness (QED) is 0.792. The van der Waals surface area contributed by atoms with Gasteiger partial charge in [0.2, 0.25) is 0 Å². The largest absolute Gasteiger partial charge is 0.481 e. The van der Waals surface area contributed by atoms with Gasteiger partial charge in [-0.05, 0) is 17.4 Å². The number of allylic oxidation sites excluding steroid dienone is 1. The molecule has 132 valence electrons. The van der Waals surface area contributed by atoms with Crippen molar-refractivity contribution in [2.45, 2.75) is 26.4 Å². The number of carbonyl (C=O) groups is 1. The Morgan fingerprint density at radius 3 is 2.29 bits per heavy atom. The van der Waals surface area contributed by atoms with Crippen LogP contribution < -0.4 is 0 Å². The summed E-state index contributed by atoms with van der Waals surface area (Å²) in [4.78, 5) is 12.1. The van der Waals surface area contributed by atoms with E-state index in [1.807, 2.05) is 0 Å². The number of methoxy groups -OCH3 is 1. The first-order chi connectivity index (χ1) is 11.0. The van der Waals surface area contributed by atoms with Gasteiger partial charge in [-0.3, -0.25) is 4.79 Å². The Morgan fingerprint density at radius 1 is 1.25 bits per heavy atom. The Morgan fingerprint density at radius 2 is 1.83 bits per heavy atom. The predicted molar refractivity (Wildman–Crippen MR) is 83.5 cm³/mol. The SMILES string of the molecule is COCC1(C=CC(F)(F)F)C(C)(C)C1(Cc1ccccc1)C(=O)O. The van der Waals surface area contributed by atoms with E-state index < -0.39 is 28.4 Å². The average molecular weight is 342 g/mol. The van der Waals surface area contributed by atoms with Gasteiger partial charge in [-0.1, -0.05) is 50.3 Å². The highest BCUT2D eigenvalue weighted by molar-refractivity contribution is 5.84. The summed E-state index contributed by atoms with van der Waals surface area (Å²) in [7, 11) is 1.37. The summed E-state index contributed by atoms with van der Waals surface area (Å²) in [5.74, 6) is -1.11. The van der Waals surface area contributed by atoms with Gasteiger partial charge >= 0.3 is 12.1 Å². The van der Waals surface area contributed by atoms with Crippen LogP contribution in [0, 0.1) is 16.2 Å². The molecule has 1 aliphatic carbocycles. The highest BCUT2D eigenvalue weighted by Gasteiger charge is 2.84. The number of carboxylic acids is 1. The van der Waals surface area contributed by atoms with Crippen LogP contribution in [0.5, 0.6) is 0 Å². The van der Waals surface area contributed by atoms with Crippen molar-refractivity contribution in [3.05, 3.63) is 48.0 Å². The van der Waals surface area contributed by atoms with Crippen molar-refractivity contribution in [2.24, 2.45) is 16.2 Å². The third-order valence-corrected chi connectivity index (χ3v) is 5.49. The third kappa shape index (κ3) is 2.62. The molecular weight excluding hydrogens is 321 g/mol. The number of carboxylic acid groups (broad SMARTS) is 1. The molecule has 1 aliphatic rings. The summed E-state index contributed by atoms with van der Waals surface area (Å²) in [6.07, 6.45) is -3.25. The lowest BCUT2D eigenvalue weighted by Gasteiger charge is -2.20. The lowest BCUT2D eigenvalue weighted by atomic mass is 9.86. The van der Waals surface area contributed by atoms with E-state index in [1.165, 1.54) is 7.11 Å². The zero-order chi connectivity index (χ0) is 18.2. The molecular formula is C18H21F3O3. The van der Waals surface area contributed by atoms with Crippen LogP contribution >= 0.6 is 0 Å². The minimum Gasteiger partial charge on any atom is -0.481 e. The number of halogens is 3. The van der Waals surface area contributed by atoms with Crippen molar-refractivity contribution >= 4 is 5.97 Å². The van der Waals surface area contributed by atoms with E-state index in [9.17, 15) is 23.1 Å². The van der Waals surface area contributed by atoms with E-state index in [0.717, 1.165) is 11.6 Å². The molecule has 1 N–H and O–H groups in total. The van der Waals surface area contributed by atoms with Crippen molar-refractivity contribution in [3.63, 3.8) is 0 Å². The van der Waals surface area contributed by atoms with E-state index in [0.29, 0.717) is 0 Å². The van der Waals surface area contributed by atoms with Gasteiger partial charge in [-0.2, -0.15) is 13.2 Å². The molecule has 2 unspecified atom stereocenters. The van der Waals surface area contributed by atoms with Gasteiger partial charge in [0.1, 0.15) is 0 Å². The van der Waals surface area contributed by atoms with Gasteiger partial charge in [-0.25, -0.2) is 0 Å². The molecule has 2 atom stereocenters. The first-order valence-corrected chi connectivity index (χ1v) is 7.57. The maximum atomic E-state index is 12.7. The molecule has 0 amide bonds. The fourth-order valence-electron chi connectivity index (χ4n) is 4.08. The summed E-state index contributed by atoms with van der Waals surface area (Å²) < 4.78 is 43.3. The summed E-state index contributed by atoms with van der Waals surface area (Å²) in [6, 6.07) is 8.93. The number of rotatable bonds is 6. The summed E-state index contributed by atoms with van der Waals surface area (Å²) in [5.41, 5.74) is -2.71. The summed E-state index contributed by atoms with van der Waals surface area (Å²) in [6.45, 7) is 3.28. The van der Waals surface area contributed by atoms with Crippen LogP contribution in [0.4, 0.5) is 13.2 Å². The molecule has 0 bridgehead atoms. The van der Waals surface area contributed by atoms with Crippen molar-refractivity contribution in [3.8, 4) is 0 Å². The second-order valence-corrected chi connectivity index (χ2v) is 6.78. The molecule has 0 aromatic heterocycles. The first kappa shape index (κ1) is 18.5. The van der Waals surface area contributed by atoms with Gasteiger partial charge in [0.15, 0.2) is 0 Å². The number of hydrogen-bond donors (Lipinski definition) is 1. The molecule has 1 saturated carbocycles. The summed E-state index contributed by atoms with van der Waals surface area (Å²) in [5, 5.41) is 9.92. The molecule has 2 rings (SSSR count). The van der Waals surface area contributed by atoms with E-state index in [4.69, 9.17) is 4.74 Å². The van der Waals surface area contributed by atoms with Gasteiger partial charge in [0, 0.05) is 18.6 Å². The normalized spacial score (nSPS) is 28.9. The van der Waals surface area contributed by atoms with Crippen molar-refractivity contribution in [2.75, 3.05) is 13.7 Å². The van der Waals surface area contributed by atoms with Crippen LogP contribution in [-0.4, -0.2) is 31.0 Å². The van der Waals surface area contributed by atoms with Gasteiger partial charge in [0.05, 0.1) is 12.0 Å². The van der Waals surface area contributed by atoms with Crippen LogP contribution in [-0.2, 0) is 16.0 Å². The lowest BCUT2D eigenvalue weighted by Crippen LogP contribution is -2.28. The first-order valence-electron chi connectivity index (χ1n) is 7.57. The highest BCUT2D eigenvalue weighted by Crippen LogP contribution is 2.80. The van der Waals surface area contributed by atoms with Crippen LogP contribution in [0.1, 0.15) is 19.4 Å². The van der Waals surface area contributed by atoms with Gasteiger partial charge in [-0.15, -0.1) is 0 Å². The second kappa shape index (κ2) is 5.92. The fourth-order valence-corrected chi connectivity index (χ4v) is 4.08. The van der Waals surface area contributed by atoms with E-state index in [1.54, 1.807) is 44.2 Å². The molecule has 1 aromatic rings. The Balaban J connectivity index is 2.53. The third-order valence-electron chi connectivity index (χ3n) is 5.49. The number of ether oxygens (including phenoxy) is 1. The number of aliphatic carboxylic acids is 1. The highest BCUT2D eigenvalue weighted by atomic mass is 19.4. The number of benzene rings is 1. The molecule has 0 radical (unpaired) electrons. The molecule has 0 heterocycles. The number of alkyl halides is 3. The molecule has 0 saturated heterocycles. The predicted octanol–water partition coefficient (Wildman–Crippen LogP) is 4.09. The van der Waals surface area contributed by atoms with Crippen LogP contribution in [0.15, 0.2) is 42.5 Å². The summed E-state index contributed by atoms with van der Waals surface area (Å²) >= 11 is 0. The van der Waals surface area contributed by atoms with Crippen LogP contribution in [0.2, 0.25) is 0 Å². The molecule has 0 aliphatic heterocycles. The second-order valence-electron chi connectivity index (χ2n) is 6.78. The standard InChI is InChI=1S/C18H21F3O3/c1-15(2)16(12-24-3,9-10-18(19,20)21)17(15,14(22)23)11-13-7-5-4-6-8-13/h4-10H,11-12H2,1-3H3,(H,22,23). The Kier molecular flexibility index (Phi) is 4.57. The molecule has 3 nitrogen and oxygen atoms in total. The molecule has 6 heteroatoms. The fraction of sp³-hybridized carbons (Fsp3) is 0.500. The van der Waals surface area contributed by atoms with Crippen LogP contribution in [0.25, 0.3) is 0 Å². The monoisotopic (exact) mass is 342 g/mol. The van der Waals surface area contributed by atoms with Crippen molar-refractivity contribution < 1.29 is 27.8 Å². The molecule has 1 aromatic carbocycles. The minimum absolute atomic E-state index is 0.0916. The Hall–Kier alpha value is -1.82. The van der Waals surface area contributed by atoms with Crippen molar-refractivity contribution in [1.82, 2.24) is 0 Å². The van der Waals surface area contributed by atoms with Gasteiger partial charge < -0.3 is 9.84 Å². The lowest BCUT2D eigenvalue weighted by molar-refractivity contribution is -0.146. The zero-order valence-corrected chi connectivity index (χ0v) is 13.9. The average Bonchev–Trinajstić information content (AvgIpc) is 2.89. The Labute approximate surface area is 139 Å². The topological polar surface area (TPSA) is 46.5 Å². The zero-order valence-electron chi connectivity index (χ0n) is 13.9. The Bertz CT molecular complexity index is 637. The molecule has 0 spiro atoms. The van der Waals surface area contributed by atoms with Crippen LogP contribution in [0.3, 0.4) is 0 Å². The van der Waals surface area contributed by atoms with Gasteiger partial charge in [0.25, 0.3) is 0 Å². The maximum absolute atomic E-state index is 12.7. The smallest absolute Gasteiger partial charge is 0.409 e.